The van der Waals surface area contributed by atoms with Crippen LogP contribution in [0.4, 0.5) is 5.69 Å². The number of likely N-dealkylation sites (tertiary alicyclic amines) is 1. The van der Waals surface area contributed by atoms with Crippen LogP contribution in [-0.2, 0) is 4.79 Å². The molecule has 2 fully saturated rings. The molecule has 6 nitrogen and oxygen atoms in total. The number of piperidine rings is 1. The first kappa shape index (κ1) is 17.1. The van der Waals surface area contributed by atoms with Crippen molar-refractivity contribution in [2.24, 2.45) is 0 Å². The van der Waals surface area contributed by atoms with Crippen molar-refractivity contribution in [2.75, 3.05) is 18.4 Å². The number of rotatable bonds is 5. The third kappa shape index (κ3) is 3.92. The molecule has 1 atom stereocenters. The van der Waals surface area contributed by atoms with Crippen LogP contribution in [0.1, 0.15) is 49.0 Å². The highest BCUT2D eigenvalue weighted by Gasteiger charge is 2.31. The molecule has 26 heavy (non-hydrogen) atoms. The van der Waals surface area contributed by atoms with Crippen molar-refractivity contribution in [1.29, 1.82) is 0 Å². The molecule has 0 spiro atoms. The molecule has 2 aliphatic rings. The fraction of sp³-hybridized carbons (Fsp3) is 0.450. The Morgan fingerprint density at radius 1 is 1.08 bits per heavy atom. The highest BCUT2D eigenvalue weighted by Crippen LogP contribution is 2.37. The maximum Gasteiger partial charge on any atom is 0.246 e. The highest BCUT2D eigenvalue weighted by atomic mass is 16.3. The van der Waals surface area contributed by atoms with Gasteiger partial charge in [-0.1, -0.05) is 30.3 Å². The van der Waals surface area contributed by atoms with Gasteiger partial charge in [-0.25, -0.2) is 9.97 Å². The number of amides is 1. The lowest BCUT2D eigenvalue weighted by atomic mass is 10.00. The van der Waals surface area contributed by atoms with Gasteiger partial charge in [0.25, 0.3) is 0 Å². The van der Waals surface area contributed by atoms with Gasteiger partial charge in [-0.3, -0.25) is 9.69 Å². The first-order valence-corrected chi connectivity index (χ1v) is 9.30. The Bertz CT molecular complexity index is 738. The molecule has 6 heteroatoms. The van der Waals surface area contributed by atoms with Crippen LogP contribution in [0.5, 0.6) is 0 Å². The number of aliphatic hydroxyl groups is 1. The number of benzene rings is 1. The average molecular weight is 352 g/mol. The SMILES string of the molecule is O=C(Nc1cnc(C2CC2)nc1)C(c1ccccc1)N1CCC(O)CC1. The lowest BCUT2D eigenvalue weighted by Gasteiger charge is -2.35. The summed E-state index contributed by atoms with van der Waals surface area (Å²) in [5, 5.41) is 12.8. The smallest absolute Gasteiger partial charge is 0.246 e. The standard InChI is InChI=1S/C20H24N4O2/c25-17-8-10-24(11-9-17)18(14-4-2-1-3-5-14)20(26)23-16-12-21-19(22-13-16)15-6-7-15/h1-5,12-13,15,17-18,25H,6-11H2,(H,23,26). The summed E-state index contributed by atoms with van der Waals surface area (Å²) in [6.45, 7) is 1.40. The molecule has 4 rings (SSSR count). The van der Waals surface area contributed by atoms with E-state index < -0.39 is 0 Å². The van der Waals surface area contributed by atoms with Crippen molar-refractivity contribution in [3.8, 4) is 0 Å². The maximum atomic E-state index is 13.1. The molecule has 1 unspecified atom stereocenters. The number of aromatic nitrogens is 2. The summed E-state index contributed by atoms with van der Waals surface area (Å²) in [6.07, 6.45) is 6.81. The molecule has 1 aromatic carbocycles. The molecule has 1 saturated heterocycles. The van der Waals surface area contributed by atoms with E-state index in [1.807, 2.05) is 30.3 Å². The number of aliphatic hydroxyl groups excluding tert-OH is 1. The Balaban J connectivity index is 1.51. The van der Waals surface area contributed by atoms with Gasteiger partial charge in [0.2, 0.25) is 5.91 Å². The van der Waals surface area contributed by atoms with E-state index in [1.165, 1.54) is 0 Å². The molecule has 1 saturated carbocycles. The van der Waals surface area contributed by atoms with E-state index in [4.69, 9.17) is 0 Å². The van der Waals surface area contributed by atoms with Gasteiger partial charge in [0.15, 0.2) is 0 Å². The zero-order valence-electron chi connectivity index (χ0n) is 14.7. The molecule has 2 heterocycles. The third-order valence-electron chi connectivity index (χ3n) is 5.11. The van der Waals surface area contributed by atoms with E-state index in [2.05, 4.69) is 20.2 Å². The van der Waals surface area contributed by atoms with Gasteiger partial charge < -0.3 is 10.4 Å². The van der Waals surface area contributed by atoms with Gasteiger partial charge in [-0.2, -0.15) is 0 Å². The second-order valence-electron chi connectivity index (χ2n) is 7.17. The lowest BCUT2D eigenvalue weighted by Crippen LogP contribution is -2.43. The van der Waals surface area contributed by atoms with E-state index in [0.717, 1.165) is 24.2 Å². The van der Waals surface area contributed by atoms with Crippen molar-refractivity contribution < 1.29 is 9.90 Å². The predicted molar refractivity (Wildman–Crippen MR) is 98.6 cm³/mol. The fourth-order valence-corrected chi connectivity index (χ4v) is 3.47. The van der Waals surface area contributed by atoms with Crippen LogP contribution >= 0.6 is 0 Å². The van der Waals surface area contributed by atoms with Gasteiger partial charge in [0, 0.05) is 19.0 Å². The summed E-state index contributed by atoms with van der Waals surface area (Å²) >= 11 is 0. The molecule has 1 aliphatic heterocycles. The Labute approximate surface area is 153 Å². The van der Waals surface area contributed by atoms with Crippen LogP contribution < -0.4 is 5.32 Å². The van der Waals surface area contributed by atoms with Crippen LogP contribution in [0, 0.1) is 0 Å². The summed E-state index contributed by atoms with van der Waals surface area (Å²) in [5.41, 5.74) is 1.58. The minimum absolute atomic E-state index is 0.0876. The number of hydrogen-bond acceptors (Lipinski definition) is 5. The zero-order valence-corrected chi connectivity index (χ0v) is 14.7. The van der Waals surface area contributed by atoms with Gasteiger partial charge in [-0.05, 0) is 31.2 Å². The maximum absolute atomic E-state index is 13.1. The van der Waals surface area contributed by atoms with Crippen molar-refractivity contribution in [3.63, 3.8) is 0 Å². The second-order valence-corrected chi connectivity index (χ2v) is 7.17. The van der Waals surface area contributed by atoms with E-state index in [9.17, 15) is 9.90 Å². The summed E-state index contributed by atoms with van der Waals surface area (Å²) < 4.78 is 0. The Morgan fingerprint density at radius 2 is 1.73 bits per heavy atom. The van der Waals surface area contributed by atoms with Crippen LogP contribution in [0.2, 0.25) is 0 Å². The van der Waals surface area contributed by atoms with Crippen molar-refractivity contribution in [3.05, 3.63) is 54.1 Å². The summed E-state index contributed by atoms with van der Waals surface area (Å²) in [7, 11) is 0. The number of hydrogen-bond donors (Lipinski definition) is 2. The zero-order chi connectivity index (χ0) is 17.9. The molecule has 1 aliphatic carbocycles. The number of nitrogens with one attached hydrogen (secondary N) is 1. The van der Waals surface area contributed by atoms with Gasteiger partial charge in [-0.15, -0.1) is 0 Å². The van der Waals surface area contributed by atoms with Crippen molar-refractivity contribution >= 4 is 11.6 Å². The Hall–Kier alpha value is -2.31. The monoisotopic (exact) mass is 352 g/mol. The Kier molecular flexibility index (Phi) is 4.95. The topological polar surface area (TPSA) is 78.4 Å². The molecule has 1 amide bonds. The van der Waals surface area contributed by atoms with E-state index in [-0.39, 0.29) is 18.1 Å². The minimum Gasteiger partial charge on any atom is -0.393 e. The number of nitrogens with zero attached hydrogens (tertiary/aromatic N) is 3. The molecular formula is C20H24N4O2. The highest BCUT2D eigenvalue weighted by molar-refractivity contribution is 5.95. The molecule has 2 aromatic rings. The largest absolute Gasteiger partial charge is 0.393 e. The predicted octanol–water partition coefficient (Wildman–Crippen LogP) is 2.49. The summed E-state index contributed by atoms with van der Waals surface area (Å²) in [5.74, 6) is 1.28. The summed E-state index contributed by atoms with van der Waals surface area (Å²) in [4.78, 5) is 23.9. The third-order valence-corrected chi connectivity index (χ3v) is 5.11. The molecule has 0 bridgehead atoms. The van der Waals surface area contributed by atoms with Crippen molar-refractivity contribution in [2.45, 2.75) is 43.7 Å². The molecule has 1 aromatic heterocycles. The molecule has 2 N–H and O–H groups in total. The lowest BCUT2D eigenvalue weighted by molar-refractivity contribution is -0.122. The van der Waals surface area contributed by atoms with Crippen LogP contribution in [0.3, 0.4) is 0 Å². The Morgan fingerprint density at radius 3 is 2.35 bits per heavy atom. The second kappa shape index (κ2) is 7.51. The van der Waals surface area contributed by atoms with Crippen LogP contribution in [0.25, 0.3) is 0 Å². The van der Waals surface area contributed by atoms with Gasteiger partial charge in [0.1, 0.15) is 11.9 Å². The molecular weight excluding hydrogens is 328 g/mol. The van der Waals surface area contributed by atoms with Crippen molar-refractivity contribution in [1.82, 2.24) is 14.9 Å². The van der Waals surface area contributed by atoms with E-state index in [1.54, 1.807) is 12.4 Å². The quantitative estimate of drug-likeness (QED) is 0.864. The van der Waals surface area contributed by atoms with E-state index >= 15 is 0 Å². The number of carbonyl (C=O) groups excluding carboxylic acids is 1. The van der Waals surface area contributed by atoms with E-state index in [0.29, 0.717) is 37.5 Å². The van der Waals surface area contributed by atoms with Gasteiger partial charge in [0.05, 0.1) is 24.2 Å². The van der Waals surface area contributed by atoms with Gasteiger partial charge >= 0.3 is 0 Å². The molecule has 136 valence electrons. The number of anilines is 1. The molecule has 0 radical (unpaired) electrons. The summed E-state index contributed by atoms with van der Waals surface area (Å²) in [6, 6.07) is 9.41. The minimum atomic E-state index is -0.383. The van der Waals surface area contributed by atoms with Crippen LogP contribution in [0.15, 0.2) is 42.7 Å². The first-order chi connectivity index (χ1) is 12.7. The first-order valence-electron chi connectivity index (χ1n) is 9.30. The fourth-order valence-electron chi connectivity index (χ4n) is 3.47. The normalized spacial score (nSPS) is 19.9. The van der Waals surface area contributed by atoms with Crippen LogP contribution in [-0.4, -0.2) is 45.1 Å². The number of carbonyl (C=O) groups is 1. The average Bonchev–Trinajstić information content (AvgIpc) is 3.50.